The van der Waals surface area contributed by atoms with E-state index in [1.165, 1.54) is 0 Å². The number of anilines is 1. The summed E-state index contributed by atoms with van der Waals surface area (Å²) in [4.78, 5) is 32.0. The molecule has 0 saturated carbocycles. The molecule has 1 aliphatic heterocycles. The Bertz CT molecular complexity index is 1190. The van der Waals surface area contributed by atoms with E-state index < -0.39 is 0 Å². The number of amides is 2. The average molecular weight is 506 g/mol. The third-order valence-corrected chi connectivity index (χ3v) is 7.07. The number of hydrogen-bond acceptors (Lipinski definition) is 5. The Kier molecular flexibility index (Phi) is 8.21. The largest absolute Gasteiger partial charge is 0.352 e. The first-order valence-corrected chi connectivity index (χ1v) is 12.7. The Hall–Kier alpha value is -3.45. The maximum absolute atomic E-state index is 13.2. The lowest BCUT2D eigenvalue weighted by molar-refractivity contribution is -0.132. The van der Waals surface area contributed by atoms with Crippen molar-refractivity contribution in [2.24, 2.45) is 0 Å². The molecule has 8 heteroatoms. The zero-order valence-electron chi connectivity index (χ0n) is 21.0. The second-order valence-electron chi connectivity index (χ2n) is 9.18. The molecule has 0 radical (unpaired) electrons. The van der Waals surface area contributed by atoms with Gasteiger partial charge >= 0.3 is 0 Å². The van der Waals surface area contributed by atoms with Crippen LogP contribution in [0.3, 0.4) is 0 Å². The highest BCUT2D eigenvalue weighted by Crippen LogP contribution is 2.26. The standard InChI is InChI=1S/C28H32ClN5O2/c1-4-21(3)34(28(36)22-11-9-20(2)10-12-22)19-27(35)33-17-15-32(16-18-33)26-14-13-25(30-31-26)23-7-5-6-8-24(23)29/h5-14,21H,4,15-19H2,1-3H3. The van der Waals surface area contributed by atoms with Gasteiger partial charge in [-0.1, -0.05) is 54.4 Å². The molecular weight excluding hydrogens is 474 g/mol. The van der Waals surface area contributed by atoms with Gasteiger partial charge in [-0.2, -0.15) is 0 Å². The molecule has 1 saturated heterocycles. The Morgan fingerprint density at radius 1 is 0.972 bits per heavy atom. The first-order chi connectivity index (χ1) is 17.4. The lowest BCUT2D eigenvalue weighted by Gasteiger charge is -2.37. The molecule has 1 atom stereocenters. The van der Waals surface area contributed by atoms with E-state index in [0.29, 0.717) is 36.8 Å². The van der Waals surface area contributed by atoms with Crippen LogP contribution in [0.5, 0.6) is 0 Å². The molecule has 1 aromatic heterocycles. The van der Waals surface area contributed by atoms with E-state index >= 15 is 0 Å². The zero-order valence-corrected chi connectivity index (χ0v) is 21.8. The minimum atomic E-state index is -0.106. The molecule has 0 spiro atoms. The van der Waals surface area contributed by atoms with E-state index in [9.17, 15) is 9.59 Å². The van der Waals surface area contributed by atoms with Gasteiger partial charge in [-0.15, -0.1) is 10.2 Å². The van der Waals surface area contributed by atoms with Crippen LogP contribution < -0.4 is 4.90 Å². The van der Waals surface area contributed by atoms with Crippen molar-refractivity contribution in [1.29, 1.82) is 0 Å². The topological polar surface area (TPSA) is 69.6 Å². The number of carbonyl (C=O) groups excluding carboxylic acids is 2. The molecule has 0 N–H and O–H groups in total. The van der Waals surface area contributed by atoms with E-state index in [1.54, 1.807) is 4.90 Å². The summed E-state index contributed by atoms with van der Waals surface area (Å²) in [6.45, 7) is 8.53. The van der Waals surface area contributed by atoms with E-state index in [1.807, 2.05) is 86.3 Å². The first kappa shape index (κ1) is 25.6. The van der Waals surface area contributed by atoms with Gasteiger partial charge in [0.25, 0.3) is 5.91 Å². The number of nitrogens with zero attached hydrogens (tertiary/aromatic N) is 5. The maximum atomic E-state index is 13.2. The summed E-state index contributed by atoms with van der Waals surface area (Å²) in [6.07, 6.45) is 0.779. The van der Waals surface area contributed by atoms with Crippen LogP contribution in [0.15, 0.2) is 60.7 Å². The predicted octanol–water partition coefficient (Wildman–Crippen LogP) is 4.69. The van der Waals surface area contributed by atoms with E-state index in [0.717, 1.165) is 29.1 Å². The summed E-state index contributed by atoms with van der Waals surface area (Å²) >= 11 is 6.28. The molecule has 3 aromatic rings. The quantitative estimate of drug-likeness (QED) is 0.465. The van der Waals surface area contributed by atoms with Crippen LogP contribution in [0.25, 0.3) is 11.3 Å². The van der Waals surface area contributed by atoms with Crippen molar-refractivity contribution in [3.63, 3.8) is 0 Å². The normalized spacial score (nSPS) is 14.4. The van der Waals surface area contributed by atoms with Gasteiger partial charge in [-0.3, -0.25) is 9.59 Å². The summed E-state index contributed by atoms with van der Waals surface area (Å²) in [5.41, 5.74) is 3.28. The summed E-state index contributed by atoms with van der Waals surface area (Å²) in [5, 5.41) is 9.39. The third-order valence-electron chi connectivity index (χ3n) is 6.74. The molecule has 4 rings (SSSR count). The average Bonchev–Trinajstić information content (AvgIpc) is 2.92. The van der Waals surface area contributed by atoms with Crippen molar-refractivity contribution >= 4 is 29.2 Å². The molecule has 1 aliphatic rings. The van der Waals surface area contributed by atoms with Gasteiger partial charge < -0.3 is 14.7 Å². The fraction of sp³-hybridized carbons (Fsp3) is 0.357. The van der Waals surface area contributed by atoms with E-state index in [2.05, 4.69) is 15.1 Å². The van der Waals surface area contributed by atoms with Crippen molar-refractivity contribution in [2.75, 3.05) is 37.6 Å². The van der Waals surface area contributed by atoms with Gasteiger partial charge in [0.15, 0.2) is 5.82 Å². The minimum Gasteiger partial charge on any atom is -0.352 e. The highest BCUT2D eigenvalue weighted by molar-refractivity contribution is 6.33. The summed E-state index contributed by atoms with van der Waals surface area (Å²) < 4.78 is 0. The zero-order chi connectivity index (χ0) is 25.7. The molecule has 1 unspecified atom stereocenters. The number of rotatable bonds is 7. The van der Waals surface area contributed by atoms with Gasteiger partial charge in [-0.05, 0) is 50.6 Å². The van der Waals surface area contributed by atoms with Gasteiger partial charge in [0, 0.05) is 43.3 Å². The maximum Gasteiger partial charge on any atom is 0.254 e. The van der Waals surface area contributed by atoms with Crippen LogP contribution in [0.1, 0.15) is 36.2 Å². The first-order valence-electron chi connectivity index (χ1n) is 12.4. The molecule has 2 amide bonds. The molecule has 0 aliphatic carbocycles. The number of aryl methyl sites for hydroxylation is 1. The number of benzene rings is 2. The fourth-order valence-electron chi connectivity index (χ4n) is 4.25. The van der Waals surface area contributed by atoms with Crippen LogP contribution >= 0.6 is 11.6 Å². The van der Waals surface area contributed by atoms with Crippen LogP contribution in [-0.4, -0.2) is 70.6 Å². The highest BCUT2D eigenvalue weighted by atomic mass is 35.5. The van der Waals surface area contributed by atoms with Crippen LogP contribution in [0, 0.1) is 6.92 Å². The Morgan fingerprint density at radius 2 is 1.67 bits per heavy atom. The SMILES string of the molecule is CCC(C)N(CC(=O)N1CCN(c2ccc(-c3ccccc3Cl)nn2)CC1)C(=O)c1ccc(C)cc1. The number of carbonyl (C=O) groups is 2. The van der Waals surface area contributed by atoms with Gasteiger partial charge in [0.1, 0.15) is 6.54 Å². The van der Waals surface area contributed by atoms with E-state index in [4.69, 9.17) is 11.6 Å². The highest BCUT2D eigenvalue weighted by Gasteiger charge is 2.28. The monoisotopic (exact) mass is 505 g/mol. The summed E-state index contributed by atoms with van der Waals surface area (Å²) in [7, 11) is 0. The summed E-state index contributed by atoms with van der Waals surface area (Å²) in [5.74, 6) is 0.634. The van der Waals surface area contributed by atoms with Gasteiger partial charge in [0.05, 0.1) is 10.7 Å². The van der Waals surface area contributed by atoms with Crippen LogP contribution in [-0.2, 0) is 4.79 Å². The number of aromatic nitrogens is 2. The van der Waals surface area contributed by atoms with Crippen molar-refractivity contribution in [3.8, 4) is 11.3 Å². The van der Waals surface area contributed by atoms with Gasteiger partial charge in [0.2, 0.25) is 5.91 Å². The molecule has 188 valence electrons. The van der Waals surface area contributed by atoms with Gasteiger partial charge in [-0.25, -0.2) is 0 Å². The van der Waals surface area contributed by atoms with Crippen molar-refractivity contribution in [3.05, 3.63) is 76.8 Å². The molecule has 36 heavy (non-hydrogen) atoms. The van der Waals surface area contributed by atoms with Crippen molar-refractivity contribution in [1.82, 2.24) is 20.0 Å². The Balaban J connectivity index is 1.37. The Morgan fingerprint density at radius 3 is 2.28 bits per heavy atom. The second-order valence-corrected chi connectivity index (χ2v) is 9.59. The number of halogens is 1. The molecule has 0 bridgehead atoms. The van der Waals surface area contributed by atoms with Crippen LogP contribution in [0.2, 0.25) is 5.02 Å². The smallest absolute Gasteiger partial charge is 0.254 e. The predicted molar refractivity (Wildman–Crippen MR) is 143 cm³/mol. The summed E-state index contributed by atoms with van der Waals surface area (Å²) in [6, 6.07) is 18.9. The molecule has 2 aromatic carbocycles. The fourth-order valence-corrected chi connectivity index (χ4v) is 4.48. The van der Waals surface area contributed by atoms with Crippen molar-refractivity contribution < 1.29 is 9.59 Å². The lowest BCUT2D eigenvalue weighted by atomic mass is 10.1. The van der Waals surface area contributed by atoms with E-state index in [-0.39, 0.29) is 24.4 Å². The number of piperazine rings is 1. The van der Waals surface area contributed by atoms with Crippen LogP contribution in [0.4, 0.5) is 5.82 Å². The minimum absolute atomic E-state index is 0.0315. The number of hydrogen-bond donors (Lipinski definition) is 0. The Labute approximate surface area is 217 Å². The second kappa shape index (κ2) is 11.5. The van der Waals surface area contributed by atoms with Crippen molar-refractivity contribution in [2.45, 2.75) is 33.2 Å². The molecule has 1 fully saturated rings. The molecule has 2 heterocycles. The third kappa shape index (κ3) is 5.85. The lowest BCUT2D eigenvalue weighted by Crippen LogP contribution is -2.53. The molecular formula is C28H32ClN5O2. The molecule has 7 nitrogen and oxygen atoms in total.